The van der Waals surface area contributed by atoms with E-state index in [2.05, 4.69) is 30.0 Å². The minimum absolute atomic E-state index is 0.318. The molecule has 0 radical (unpaired) electrons. The van der Waals surface area contributed by atoms with E-state index in [1.165, 1.54) is 12.1 Å². The number of hydrogen-bond acceptors (Lipinski definition) is 5. The van der Waals surface area contributed by atoms with Gasteiger partial charge < -0.3 is 9.88 Å². The van der Waals surface area contributed by atoms with Crippen LogP contribution >= 0.6 is 11.6 Å². The molecule has 0 saturated heterocycles. The highest BCUT2D eigenvalue weighted by Crippen LogP contribution is 2.33. The lowest BCUT2D eigenvalue weighted by Crippen LogP contribution is -1.98. The van der Waals surface area contributed by atoms with E-state index in [0.717, 1.165) is 41.3 Å². The molecule has 0 saturated carbocycles. The van der Waals surface area contributed by atoms with E-state index in [4.69, 9.17) is 16.6 Å². The molecule has 0 fully saturated rings. The summed E-state index contributed by atoms with van der Waals surface area (Å²) in [6, 6.07) is 10.1. The van der Waals surface area contributed by atoms with Crippen molar-refractivity contribution < 1.29 is 4.39 Å². The van der Waals surface area contributed by atoms with Crippen molar-refractivity contribution in [1.29, 1.82) is 0 Å². The fourth-order valence-electron chi connectivity index (χ4n) is 3.92. The van der Waals surface area contributed by atoms with Gasteiger partial charge in [-0.05, 0) is 36.4 Å². The van der Waals surface area contributed by atoms with Gasteiger partial charge in [0.25, 0.3) is 0 Å². The molecule has 0 unspecified atom stereocenters. The van der Waals surface area contributed by atoms with E-state index in [1.54, 1.807) is 12.3 Å². The second-order valence-electron chi connectivity index (χ2n) is 7.28. The molecule has 31 heavy (non-hydrogen) atoms. The number of nitrogens with one attached hydrogen (secondary N) is 2. The van der Waals surface area contributed by atoms with E-state index in [9.17, 15) is 4.39 Å². The van der Waals surface area contributed by atoms with Gasteiger partial charge in [-0.2, -0.15) is 5.10 Å². The van der Waals surface area contributed by atoms with Gasteiger partial charge in [0, 0.05) is 47.2 Å². The first-order valence-corrected chi connectivity index (χ1v) is 10.1. The number of aromatic amines is 1. The highest BCUT2D eigenvalue weighted by Gasteiger charge is 2.18. The number of benzene rings is 1. The number of anilines is 1. The summed E-state index contributed by atoms with van der Waals surface area (Å²) >= 11 is 6.08. The Kier molecular flexibility index (Phi) is 4.00. The van der Waals surface area contributed by atoms with Crippen LogP contribution in [-0.4, -0.2) is 36.3 Å². The molecule has 5 heterocycles. The number of halogens is 2. The van der Waals surface area contributed by atoms with Crippen LogP contribution in [0.1, 0.15) is 0 Å². The van der Waals surface area contributed by atoms with Gasteiger partial charge in [0.2, 0.25) is 0 Å². The van der Waals surface area contributed by atoms with Crippen molar-refractivity contribution in [3.8, 4) is 33.9 Å². The molecule has 0 bridgehead atoms. The number of nitrogens with zero attached hydrogens (tertiary/aromatic N) is 5. The van der Waals surface area contributed by atoms with E-state index < -0.39 is 5.82 Å². The SMILES string of the molecule is Fc1ccc(Cl)cc1-c1n[nH]cc1-c1ccc2ncc(-c3ncc4n3CCN4)cc2n1. The fourth-order valence-corrected chi connectivity index (χ4v) is 4.09. The average Bonchev–Trinajstić information content (AvgIpc) is 3.52. The molecule has 6 rings (SSSR count). The largest absolute Gasteiger partial charge is 0.368 e. The summed E-state index contributed by atoms with van der Waals surface area (Å²) in [6.45, 7) is 1.75. The lowest BCUT2D eigenvalue weighted by Gasteiger charge is -2.07. The highest BCUT2D eigenvalue weighted by atomic mass is 35.5. The van der Waals surface area contributed by atoms with E-state index in [-0.39, 0.29) is 0 Å². The van der Waals surface area contributed by atoms with Crippen molar-refractivity contribution >= 4 is 28.5 Å². The number of fused-ring (bicyclic) bond motifs is 2. The Bertz CT molecular complexity index is 1460. The van der Waals surface area contributed by atoms with Crippen LogP contribution in [-0.2, 0) is 6.54 Å². The average molecular weight is 432 g/mol. The summed E-state index contributed by atoms with van der Waals surface area (Å²) < 4.78 is 16.6. The molecule has 5 aromatic rings. The first kappa shape index (κ1) is 18.0. The Morgan fingerprint density at radius 1 is 1.00 bits per heavy atom. The summed E-state index contributed by atoms with van der Waals surface area (Å²) in [5.74, 6) is 1.46. The maximum Gasteiger partial charge on any atom is 0.143 e. The van der Waals surface area contributed by atoms with Crippen LogP contribution in [0.5, 0.6) is 0 Å². The number of imidazole rings is 1. The Balaban J connectivity index is 1.46. The summed E-state index contributed by atoms with van der Waals surface area (Å²) in [4.78, 5) is 13.9. The van der Waals surface area contributed by atoms with Crippen molar-refractivity contribution in [2.75, 3.05) is 11.9 Å². The van der Waals surface area contributed by atoms with Crippen molar-refractivity contribution in [2.24, 2.45) is 0 Å². The molecule has 0 atom stereocenters. The molecule has 2 N–H and O–H groups in total. The summed E-state index contributed by atoms with van der Waals surface area (Å²) in [5.41, 5.74) is 4.48. The standard InChI is InChI=1S/C22H15ClFN7/c23-13-1-2-16(24)14(8-13)21-15(10-28-30-21)17-3-4-18-19(29-17)7-12(9-26-18)22-27-11-20-25-5-6-31(20)22/h1-4,7-11,25H,5-6H2,(H,28,30). The molecular formula is C22H15ClFN7. The van der Waals surface area contributed by atoms with Crippen LogP contribution in [0.2, 0.25) is 5.02 Å². The van der Waals surface area contributed by atoms with Crippen LogP contribution < -0.4 is 5.32 Å². The van der Waals surface area contributed by atoms with Crippen molar-refractivity contribution in [2.45, 2.75) is 6.54 Å². The zero-order valence-corrected chi connectivity index (χ0v) is 16.9. The third kappa shape index (κ3) is 2.95. The number of H-pyrrole nitrogens is 1. The van der Waals surface area contributed by atoms with Gasteiger partial charge in [0.1, 0.15) is 23.2 Å². The summed E-state index contributed by atoms with van der Waals surface area (Å²) in [5, 5.41) is 10.8. The maximum atomic E-state index is 14.4. The molecule has 0 amide bonds. The normalized spacial score (nSPS) is 12.8. The fraction of sp³-hybridized carbons (Fsp3) is 0.0909. The number of aromatic nitrogens is 6. The van der Waals surface area contributed by atoms with Gasteiger partial charge in [-0.1, -0.05) is 11.6 Å². The molecule has 0 spiro atoms. The smallest absolute Gasteiger partial charge is 0.143 e. The number of pyridine rings is 2. The molecular weight excluding hydrogens is 417 g/mol. The second-order valence-corrected chi connectivity index (χ2v) is 7.71. The Morgan fingerprint density at radius 2 is 1.94 bits per heavy atom. The zero-order chi connectivity index (χ0) is 20.9. The third-order valence-corrected chi connectivity index (χ3v) is 5.63. The van der Waals surface area contributed by atoms with Crippen LogP contribution in [0.25, 0.3) is 44.9 Å². The Labute approximate surface area is 181 Å². The van der Waals surface area contributed by atoms with E-state index in [1.807, 2.05) is 30.6 Å². The van der Waals surface area contributed by atoms with Crippen LogP contribution in [0, 0.1) is 5.82 Å². The lowest BCUT2D eigenvalue weighted by atomic mass is 10.0. The molecule has 0 aliphatic carbocycles. The highest BCUT2D eigenvalue weighted by molar-refractivity contribution is 6.30. The first-order valence-electron chi connectivity index (χ1n) is 9.73. The van der Waals surface area contributed by atoms with E-state index >= 15 is 0 Å². The molecule has 152 valence electrons. The molecule has 7 nitrogen and oxygen atoms in total. The van der Waals surface area contributed by atoms with Gasteiger partial charge in [0.15, 0.2) is 0 Å². The minimum atomic E-state index is -0.399. The molecule has 9 heteroatoms. The molecule has 1 aromatic carbocycles. The predicted molar refractivity (Wildman–Crippen MR) is 117 cm³/mol. The minimum Gasteiger partial charge on any atom is -0.368 e. The van der Waals surface area contributed by atoms with Gasteiger partial charge >= 0.3 is 0 Å². The van der Waals surface area contributed by atoms with Gasteiger partial charge in [-0.3, -0.25) is 10.1 Å². The quantitative estimate of drug-likeness (QED) is 0.430. The van der Waals surface area contributed by atoms with Crippen molar-refractivity contribution in [1.82, 2.24) is 29.7 Å². The Morgan fingerprint density at radius 3 is 2.87 bits per heavy atom. The molecule has 4 aromatic heterocycles. The summed E-state index contributed by atoms with van der Waals surface area (Å²) in [7, 11) is 0. The summed E-state index contributed by atoms with van der Waals surface area (Å²) in [6.07, 6.45) is 5.34. The van der Waals surface area contributed by atoms with Gasteiger partial charge in [0.05, 0.1) is 22.9 Å². The number of hydrogen-bond donors (Lipinski definition) is 2. The maximum absolute atomic E-state index is 14.4. The van der Waals surface area contributed by atoms with Crippen LogP contribution in [0.4, 0.5) is 10.2 Å². The van der Waals surface area contributed by atoms with Gasteiger partial charge in [-0.25, -0.2) is 14.4 Å². The monoisotopic (exact) mass is 431 g/mol. The van der Waals surface area contributed by atoms with Gasteiger partial charge in [-0.15, -0.1) is 0 Å². The third-order valence-electron chi connectivity index (χ3n) is 5.39. The molecule has 1 aliphatic heterocycles. The van der Waals surface area contributed by atoms with Crippen molar-refractivity contribution in [3.63, 3.8) is 0 Å². The lowest BCUT2D eigenvalue weighted by molar-refractivity contribution is 0.630. The zero-order valence-electron chi connectivity index (χ0n) is 16.1. The van der Waals surface area contributed by atoms with Crippen LogP contribution in [0.3, 0.4) is 0 Å². The van der Waals surface area contributed by atoms with Crippen molar-refractivity contribution in [3.05, 3.63) is 65.8 Å². The first-order chi connectivity index (χ1) is 15.2. The molecule has 1 aliphatic rings. The Hall–Kier alpha value is -3.78. The van der Waals surface area contributed by atoms with Crippen LogP contribution in [0.15, 0.2) is 55.0 Å². The predicted octanol–water partition coefficient (Wildman–Crippen LogP) is 4.77. The number of rotatable bonds is 3. The van der Waals surface area contributed by atoms with E-state index in [0.29, 0.717) is 27.5 Å². The topological polar surface area (TPSA) is 84.3 Å². The second kappa shape index (κ2) is 6.88.